The van der Waals surface area contributed by atoms with E-state index in [1.165, 1.54) is 29.9 Å². The van der Waals surface area contributed by atoms with Crippen molar-refractivity contribution in [3.63, 3.8) is 0 Å². The number of thioether (sulfide) groups is 1. The summed E-state index contributed by atoms with van der Waals surface area (Å²) in [7, 11) is 5.31. The van der Waals surface area contributed by atoms with Gasteiger partial charge < -0.3 is 14.4 Å². The van der Waals surface area contributed by atoms with E-state index in [0.29, 0.717) is 31.9 Å². The summed E-state index contributed by atoms with van der Waals surface area (Å²) in [6.45, 7) is 5.03. The van der Waals surface area contributed by atoms with Gasteiger partial charge >= 0.3 is 12.1 Å². The lowest BCUT2D eigenvalue weighted by atomic mass is 9.95. The molecule has 0 unspecified atom stereocenters. The lowest BCUT2D eigenvalue weighted by molar-refractivity contribution is -0.141. The molecule has 2 aromatic carbocycles. The van der Waals surface area contributed by atoms with E-state index in [1.807, 2.05) is 49.3 Å². The van der Waals surface area contributed by atoms with Gasteiger partial charge in [-0.1, -0.05) is 29.5 Å². The van der Waals surface area contributed by atoms with Crippen molar-refractivity contribution >= 4 is 40.8 Å². The van der Waals surface area contributed by atoms with Crippen LogP contribution < -0.4 is 24.5 Å². The van der Waals surface area contributed by atoms with Gasteiger partial charge in [0.2, 0.25) is 0 Å². The van der Waals surface area contributed by atoms with Crippen LogP contribution in [-0.4, -0.2) is 43.3 Å². The molecular weight excluding hydrogens is 676 g/mol. The van der Waals surface area contributed by atoms with E-state index >= 15 is 0 Å². The number of thiazole rings is 1. The van der Waals surface area contributed by atoms with E-state index in [9.17, 15) is 28.0 Å². The number of methoxy groups -OCH3 is 1. The third-order valence-corrected chi connectivity index (χ3v) is 9.80. The van der Waals surface area contributed by atoms with Gasteiger partial charge in [0.15, 0.2) is 4.80 Å². The normalized spacial score (nSPS) is 14.6. The van der Waals surface area contributed by atoms with Crippen molar-refractivity contribution in [1.82, 2.24) is 9.55 Å². The first-order chi connectivity index (χ1) is 23.3. The Morgan fingerprint density at radius 2 is 1.88 bits per heavy atom. The van der Waals surface area contributed by atoms with Crippen molar-refractivity contribution in [3.8, 4) is 11.8 Å². The number of hydrogen-bond donors (Lipinski definition) is 0. The zero-order valence-corrected chi connectivity index (χ0v) is 29.1. The van der Waals surface area contributed by atoms with Crippen LogP contribution in [-0.2, 0) is 21.5 Å². The molecule has 2 aromatic heterocycles. The van der Waals surface area contributed by atoms with Crippen molar-refractivity contribution < 1.29 is 27.4 Å². The number of anilines is 1. The number of carbonyl (C=O) groups is 1. The summed E-state index contributed by atoms with van der Waals surface area (Å²) in [6.07, 6.45) is -2.97. The Morgan fingerprint density at radius 1 is 1.16 bits per heavy atom. The molecule has 0 amide bonds. The first kappa shape index (κ1) is 35.4. The van der Waals surface area contributed by atoms with Crippen molar-refractivity contribution in [2.24, 2.45) is 4.99 Å². The van der Waals surface area contributed by atoms with E-state index in [4.69, 9.17) is 9.47 Å². The molecule has 254 valence electrons. The van der Waals surface area contributed by atoms with Gasteiger partial charge in [-0.05, 0) is 73.9 Å². The molecule has 0 saturated heterocycles. The van der Waals surface area contributed by atoms with E-state index in [0.717, 1.165) is 29.1 Å². The third kappa shape index (κ3) is 7.28. The topological polar surface area (TPSA) is 110 Å². The lowest BCUT2D eigenvalue weighted by Gasteiger charge is -2.25. The average Bonchev–Trinajstić information content (AvgIpc) is 3.36. The van der Waals surface area contributed by atoms with Crippen molar-refractivity contribution in [1.29, 1.82) is 5.26 Å². The fourth-order valence-corrected chi connectivity index (χ4v) is 7.47. The molecule has 0 saturated carbocycles. The second kappa shape index (κ2) is 14.3. The minimum atomic E-state index is -4.67. The molecule has 0 radical (unpaired) electrons. The number of pyridine rings is 1. The van der Waals surface area contributed by atoms with Gasteiger partial charge in [-0.25, -0.2) is 14.8 Å². The maximum absolute atomic E-state index is 14.1. The van der Waals surface area contributed by atoms with Crippen LogP contribution in [0.1, 0.15) is 53.4 Å². The number of esters is 1. The van der Waals surface area contributed by atoms with Gasteiger partial charge in [0.1, 0.15) is 22.5 Å². The quantitative estimate of drug-likeness (QED) is 0.160. The number of rotatable bonds is 9. The summed E-state index contributed by atoms with van der Waals surface area (Å²) < 4.78 is 53.2. The highest BCUT2D eigenvalue weighted by Gasteiger charge is 2.35. The van der Waals surface area contributed by atoms with Crippen molar-refractivity contribution in [3.05, 3.63) is 113 Å². The Morgan fingerprint density at radius 3 is 2.49 bits per heavy atom. The number of alkyl halides is 3. The molecular formula is C35H32F3N5O4S2. The fraction of sp³-hybridized carbons (Fsp3) is 0.286. The van der Waals surface area contributed by atoms with Crippen LogP contribution in [0.2, 0.25) is 0 Å². The number of nitriles is 1. The molecule has 3 heterocycles. The van der Waals surface area contributed by atoms with Gasteiger partial charge in [-0.15, -0.1) is 11.8 Å². The number of ether oxygens (including phenoxy) is 2. The molecule has 0 N–H and O–H groups in total. The number of allylic oxidation sites excluding steroid dienone is 1. The maximum Gasteiger partial charge on any atom is 0.433 e. The minimum absolute atomic E-state index is 0.0398. The molecule has 0 fully saturated rings. The fourth-order valence-electron chi connectivity index (χ4n) is 5.39. The van der Waals surface area contributed by atoms with Gasteiger partial charge in [-0.2, -0.15) is 18.4 Å². The average molecular weight is 708 g/mol. The molecule has 49 heavy (non-hydrogen) atoms. The monoisotopic (exact) mass is 707 g/mol. The molecule has 5 rings (SSSR count). The molecule has 0 aliphatic carbocycles. The molecule has 0 spiro atoms. The van der Waals surface area contributed by atoms with E-state index in [1.54, 1.807) is 38.1 Å². The molecule has 1 atom stereocenters. The maximum atomic E-state index is 14.1. The minimum Gasteiger partial charge on any atom is -0.496 e. The summed E-state index contributed by atoms with van der Waals surface area (Å²) in [6, 6.07) is 14.9. The predicted octanol–water partition coefficient (Wildman–Crippen LogP) is 5.76. The standard InChI is InChI=1S/C35H32F3N5O4S2/c1-7-47-33(45)29-20(3)40-34-43(30(29)22-9-11-24(12-10-22)42(4)5)32(44)27(49-34)16-21-8-13-26(46-6)23(15-21)18-48-31-25(17-39)19(2)14-28(41-31)35(36,37)38/h8-16,30H,7,18H2,1-6H3/t30-/m1/s1. The number of hydrogen-bond acceptors (Lipinski definition) is 10. The van der Waals surface area contributed by atoms with Crippen molar-refractivity contribution in [2.75, 3.05) is 32.7 Å². The van der Waals surface area contributed by atoms with Gasteiger partial charge in [0, 0.05) is 31.1 Å². The highest BCUT2D eigenvalue weighted by Crippen LogP contribution is 2.35. The van der Waals surface area contributed by atoms with E-state index in [2.05, 4.69) is 9.98 Å². The Balaban J connectivity index is 1.57. The number of aryl methyl sites for hydroxylation is 1. The predicted molar refractivity (Wildman–Crippen MR) is 182 cm³/mol. The van der Waals surface area contributed by atoms with Gasteiger partial charge in [0.25, 0.3) is 5.56 Å². The Hall–Kier alpha value is -4.87. The van der Waals surface area contributed by atoms with Crippen LogP contribution in [0.5, 0.6) is 5.75 Å². The smallest absolute Gasteiger partial charge is 0.433 e. The third-order valence-electron chi connectivity index (χ3n) is 7.79. The van der Waals surface area contributed by atoms with Crippen LogP contribution in [0.3, 0.4) is 0 Å². The van der Waals surface area contributed by atoms with Crippen LogP contribution in [0.15, 0.2) is 74.6 Å². The Kier molecular flexibility index (Phi) is 10.4. The van der Waals surface area contributed by atoms with Crippen molar-refractivity contribution in [2.45, 2.75) is 43.8 Å². The summed E-state index contributed by atoms with van der Waals surface area (Å²) in [5.41, 5.74) is 2.46. The summed E-state index contributed by atoms with van der Waals surface area (Å²) in [5.74, 6) is 0.0609. The number of benzene rings is 2. The van der Waals surface area contributed by atoms with Gasteiger partial charge in [0.05, 0.1) is 41.1 Å². The van der Waals surface area contributed by atoms with Crippen LogP contribution in [0.25, 0.3) is 6.08 Å². The highest BCUT2D eigenvalue weighted by atomic mass is 32.2. The highest BCUT2D eigenvalue weighted by molar-refractivity contribution is 7.98. The number of carbonyl (C=O) groups excluding carboxylic acids is 1. The number of aromatic nitrogens is 2. The van der Waals surface area contributed by atoms with Crippen LogP contribution in [0.4, 0.5) is 18.9 Å². The summed E-state index contributed by atoms with van der Waals surface area (Å²) >= 11 is 2.16. The summed E-state index contributed by atoms with van der Waals surface area (Å²) in [5, 5.41) is 9.59. The largest absolute Gasteiger partial charge is 0.496 e. The number of halogens is 3. The van der Waals surface area contributed by atoms with Crippen LogP contribution in [0, 0.1) is 18.3 Å². The van der Waals surface area contributed by atoms with Gasteiger partial charge in [-0.3, -0.25) is 9.36 Å². The zero-order chi connectivity index (χ0) is 35.6. The second-order valence-corrected chi connectivity index (χ2v) is 13.2. The number of fused-ring (bicyclic) bond motifs is 1. The number of nitrogens with zero attached hydrogens (tertiary/aromatic N) is 5. The Bertz CT molecular complexity index is 2180. The summed E-state index contributed by atoms with van der Waals surface area (Å²) in [4.78, 5) is 38.0. The first-order valence-electron chi connectivity index (χ1n) is 15.0. The SMILES string of the molecule is CCOC(=O)C1=C(C)N=c2sc(=Cc3ccc(OC)c(CSc4nc(C(F)(F)F)cc(C)c4C#N)c3)c(=O)n2[C@@H]1c1ccc(N(C)C)cc1. The van der Waals surface area contributed by atoms with Crippen LogP contribution >= 0.6 is 23.1 Å². The lowest BCUT2D eigenvalue weighted by Crippen LogP contribution is -2.39. The second-order valence-electron chi connectivity index (χ2n) is 11.3. The molecule has 0 bridgehead atoms. The van der Waals surface area contributed by atoms with E-state index in [-0.39, 0.29) is 39.6 Å². The first-order valence-corrected chi connectivity index (χ1v) is 16.8. The zero-order valence-electron chi connectivity index (χ0n) is 27.5. The molecule has 9 nitrogen and oxygen atoms in total. The molecule has 1 aliphatic heterocycles. The molecule has 4 aromatic rings. The molecule has 14 heteroatoms. The molecule has 1 aliphatic rings. The van der Waals surface area contributed by atoms with E-state index < -0.39 is 23.9 Å². The Labute approximate surface area is 288 Å².